The van der Waals surface area contributed by atoms with Crippen molar-refractivity contribution in [3.63, 3.8) is 0 Å². The lowest BCUT2D eigenvalue weighted by atomic mass is 10.2. The fraction of sp³-hybridized carbons (Fsp3) is 0.600. The van der Waals surface area contributed by atoms with E-state index in [1.165, 1.54) is 20.3 Å². The van der Waals surface area contributed by atoms with E-state index in [0.29, 0.717) is 44.8 Å². The number of nitrogens with zero attached hydrogens (tertiary/aromatic N) is 1. The molecule has 0 saturated carbocycles. The van der Waals surface area contributed by atoms with Crippen LogP contribution in [-0.4, -0.2) is 62.4 Å². The highest BCUT2D eigenvalue weighted by Gasteiger charge is 2.15. The van der Waals surface area contributed by atoms with Crippen molar-refractivity contribution < 1.29 is 28.6 Å². The largest absolute Gasteiger partial charge is 0.496 e. The normalized spacial score (nSPS) is 10.8. The van der Waals surface area contributed by atoms with Gasteiger partial charge in [0.05, 0.1) is 14.2 Å². The Labute approximate surface area is 177 Å². The first-order valence-electron chi connectivity index (χ1n) is 9.71. The summed E-state index contributed by atoms with van der Waals surface area (Å²) in [5, 5.41) is 8.59. The van der Waals surface area contributed by atoms with Gasteiger partial charge in [0.25, 0.3) is 0 Å². The van der Waals surface area contributed by atoms with Gasteiger partial charge >= 0.3 is 12.1 Å². The lowest BCUT2D eigenvalue weighted by molar-refractivity contribution is -0.121. The molecule has 0 aromatic carbocycles. The smallest absolute Gasteiger partial charge is 0.407 e. The Morgan fingerprint density at radius 2 is 1.80 bits per heavy atom. The molecule has 0 spiro atoms. The number of ether oxygens (including phenoxy) is 3. The number of pyridine rings is 1. The van der Waals surface area contributed by atoms with Crippen LogP contribution < -0.4 is 20.7 Å². The summed E-state index contributed by atoms with van der Waals surface area (Å²) in [7, 11) is 2.80. The molecular formula is C20H32N4O6. The van der Waals surface area contributed by atoms with E-state index in [9.17, 15) is 14.4 Å². The molecule has 0 aliphatic carbocycles. The highest BCUT2D eigenvalue weighted by Crippen LogP contribution is 2.18. The van der Waals surface area contributed by atoms with E-state index in [1.807, 2.05) is 0 Å². The number of esters is 1. The van der Waals surface area contributed by atoms with E-state index in [0.717, 1.165) is 5.56 Å². The monoisotopic (exact) mass is 424 g/mol. The third-order valence-corrected chi connectivity index (χ3v) is 3.75. The van der Waals surface area contributed by atoms with E-state index in [1.54, 1.807) is 27.0 Å². The molecule has 0 aliphatic rings. The number of carbonyl (C=O) groups is 3. The molecule has 1 aromatic rings. The summed E-state index contributed by atoms with van der Waals surface area (Å²) in [6.45, 7) is 7.20. The number of carbonyl (C=O) groups excluding carboxylic acids is 3. The molecule has 2 amide bonds. The first-order valence-corrected chi connectivity index (χ1v) is 9.71. The first kappa shape index (κ1) is 25.2. The van der Waals surface area contributed by atoms with Gasteiger partial charge in [0.15, 0.2) is 5.69 Å². The Balaban J connectivity index is 2.21. The summed E-state index contributed by atoms with van der Waals surface area (Å²) in [4.78, 5) is 38.9. The molecule has 0 radical (unpaired) electrons. The van der Waals surface area contributed by atoms with Crippen molar-refractivity contribution in [1.29, 1.82) is 0 Å². The quantitative estimate of drug-likeness (QED) is 0.359. The zero-order chi connectivity index (χ0) is 22.6. The van der Waals surface area contributed by atoms with Gasteiger partial charge in [-0.15, -0.1) is 0 Å². The highest BCUT2D eigenvalue weighted by molar-refractivity contribution is 5.87. The summed E-state index contributed by atoms with van der Waals surface area (Å²) in [5.74, 6) is -0.0966. The molecule has 30 heavy (non-hydrogen) atoms. The van der Waals surface area contributed by atoms with Crippen LogP contribution in [0, 0.1) is 0 Å². The average molecular weight is 424 g/mol. The molecule has 1 rings (SSSR count). The molecule has 10 heteroatoms. The number of methoxy groups -OCH3 is 2. The summed E-state index contributed by atoms with van der Waals surface area (Å²) in [6.07, 6.45) is 1.89. The maximum absolute atomic E-state index is 11.8. The molecule has 0 bridgehead atoms. The van der Waals surface area contributed by atoms with Crippen molar-refractivity contribution in [2.75, 3.05) is 33.9 Å². The van der Waals surface area contributed by atoms with E-state index >= 15 is 0 Å². The van der Waals surface area contributed by atoms with Gasteiger partial charge in [0, 0.05) is 50.4 Å². The molecule has 0 atom stereocenters. The maximum Gasteiger partial charge on any atom is 0.407 e. The van der Waals surface area contributed by atoms with Crippen molar-refractivity contribution in [3.8, 4) is 5.75 Å². The van der Waals surface area contributed by atoms with Crippen LogP contribution in [0.15, 0.2) is 12.3 Å². The topological polar surface area (TPSA) is 128 Å². The Hall–Kier alpha value is -2.88. The molecule has 0 unspecified atom stereocenters. The van der Waals surface area contributed by atoms with Gasteiger partial charge in [-0.25, -0.2) is 14.6 Å². The van der Waals surface area contributed by atoms with Crippen LogP contribution in [-0.2, 0) is 20.8 Å². The van der Waals surface area contributed by atoms with Gasteiger partial charge in [-0.05, 0) is 27.2 Å². The molecule has 0 saturated heterocycles. The van der Waals surface area contributed by atoms with Gasteiger partial charge in [0.2, 0.25) is 5.91 Å². The molecule has 1 heterocycles. The minimum Gasteiger partial charge on any atom is -0.496 e. The highest BCUT2D eigenvalue weighted by atomic mass is 16.6. The standard InChI is InChI=1S/C20H32N4O6/c1-20(2,3)30-19(27)23-8-6-7-17(25)22-10-9-21-12-14-13-24-15(18(26)29-5)11-16(14)28-4/h11,13,21H,6-10,12H2,1-5H3,(H,22,25)(H,23,27). The molecule has 0 aliphatic heterocycles. The van der Waals surface area contributed by atoms with Crippen molar-refractivity contribution in [2.45, 2.75) is 45.8 Å². The zero-order valence-electron chi connectivity index (χ0n) is 18.3. The van der Waals surface area contributed by atoms with Crippen molar-refractivity contribution >= 4 is 18.0 Å². The van der Waals surface area contributed by atoms with Crippen LogP contribution in [0.1, 0.15) is 49.7 Å². The molecule has 168 valence electrons. The SMILES string of the molecule is COC(=O)c1cc(OC)c(CNCCNC(=O)CCCNC(=O)OC(C)(C)C)cn1. The summed E-state index contributed by atoms with van der Waals surface area (Å²) in [6, 6.07) is 1.52. The summed E-state index contributed by atoms with van der Waals surface area (Å²) in [5.41, 5.74) is 0.411. The number of hydrogen-bond acceptors (Lipinski definition) is 8. The Bertz CT molecular complexity index is 718. The average Bonchev–Trinajstić information content (AvgIpc) is 2.69. The van der Waals surface area contributed by atoms with Crippen molar-refractivity contribution in [3.05, 3.63) is 23.5 Å². The Morgan fingerprint density at radius 3 is 2.43 bits per heavy atom. The van der Waals surface area contributed by atoms with E-state index < -0.39 is 17.7 Å². The predicted octanol–water partition coefficient (Wildman–Crippen LogP) is 1.39. The van der Waals surface area contributed by atoms with Crippen molar-refractivity contribution in [1.82, 2.24) is 20.9 Å². The van der Waals surface area contributed by atoms with Crippen LogP contribution in [0.2, 0.25) is 0 Å². The van der Waals surface area contributed by atoms with Crippen molar-refractivity contribution in [2.24, 2.45) is 0 Å². The molecule has 3 N–H and O–H groups in total. The number of aromatic nitrogens is 1. The minimum atomic E-state index is -0.544. The van der Waals surface area contributed by atoms with Gasteiger partial charge in [-0.3, -0.25) is 4.79 Å². The molecular weight excluding hydrogens is 392 g/mol. The number of amides is 2. The number of rotatable bonds is 11. The van der Waals surface area contributed by atoms with Crippen LogP contribution in [0.3, 0.4) is 0 Å². The van der Waals surface area contributed by atoms with Crippen LogP contribution >= 0.6 is 0 Å². The number of alkyl carbamates (subject to hydrolysis) is 1. The van der Waals surface area contributed by atoms with Gasteiger partial charge < -0.3 is 30.2 Å². The number of hydrogen-bond donors (Lipinski definition) is 3. The zero-order valence-corrected chi connectivity index (χ0v) is 18.3. The molecule has 1 aromatic heterocycles. The van der Waals surface area contributed by atoms with E-state index in [4.69, 9.17) is 9.47 Å². The van der Waals surface area contributed by atoms with Crippen LogP contribution in [0.4, 0.5) is 4.79 Å². The first-order chi connectivity index (χ1) is 14.2. The van der Waals surface area contributed by atoms with E-state index in [2.05, 4.69) is 25.7 Å². The Morgan fingerprint density at radius 1 is 1.07 bits per heavy atom. The fourth-order valence-electron chi connectivity index (χ4n) is 2.36. The van der Waals surface area contributed by atoms with Crippen LogP contribution in [0.5, 0.6) is 5.75 Å². The maximum atomic E-state index is 11.8. The van der Waals surface area contributed by atoms with Gasteiger partial charge in [0.1, 0.15) is 11.4 Å². The Kier molecular flexibility index (Phi) is 10.6. The molecule has 0 fully saturated rings. The minimum absolute atomic E-state index is 0.0931. The predicted molar refractivity (Wildman–Crippen MR) is 110 cm³/mol. The second kappa shape index (κ2) is 12.6. The molecule has 10 nitrogen and oxygen atoms in total. The van der Waals surface area contributed by atoms with Crippen LogP contribution in [0.25, 0.3) is 0 Å². The van der Waals surface area contributed by atoms with Gasteiger partial charge in [-0.1, -0.05) is 0 Å². The third kappa shape index (κ3) is 10.1. The second-order valence-corrected chi connectivity index (χ2v) is 7.43. The number of nitrogens with one attached hydrogen (secondary N) is 3. The lowest BCUT2D eigenvalue weighted by Crippen LogP contribution is -2.34. The fourth-order valence-corrected chi connectivity index (χ4v) is 2.36. The third-order valence-electron chi connectivity index (χ3n) is 3.75. The van der Waals surface area contributed by atoms with E-state index in [-0.39, 0.29) is 11.6 Å². The summed E-state index contributed by atoms with van der Waals surface area (Å²) >= 11 is 0. The lowest BCUT2D eigenvalue weighted by Gasteiger charge is -2.19. The second-order valence-electron chi connectivity index (χ2n) is 7.43. The summed E-state index contributed by atoms with van der Waals surface area (Å²) < 4.78 is 15.0. The van der Waals surface area contributed by atoms with Gasteiger partial charge in [-0.2, -0.15) is 0 Å².